The first-order valence-corrected chi connectivity index (χ1v) is 4.92. The second kappa shape index (κ2) is 5.95. The molecule has 0 aliphatic carbocycles. The molecule has 7 heteroatoms. The van der Waals surface area contributed by atoms with Crippen LogP contribution in [0.3, 0.4) is 0 Å². The lowest BCUT2D eigenvalue weighted by atomic mass is 10.1. The minimum atomic E-state index is -1.68. The number of carboxylic acid groups (broad SMARTS) is 1. The van der Waals surface area contributed by atoms with E-state index in [4.69, 9.17) is 9.84 Å². The molecule has 0 aromatic heterocycles. The van der Waals surface area contributed by atoms with Gasteiger partial charge in [0.15, 0.2) is 6.04 Å². The fourth-order valence-electron chi connectivity index (χ4n) is 1.26. The molecular weight excluding hydrogens is 248 g/mol. The van der Waals surface area contributed by atoms with Crippen LogP contribution in [0.4, 0.5) is 8.78 Å². The number of ether oxygens (including phenoxy) is 1. The van der Waals surface area contributed by atoms with E-state index in [1.54, 1.807) is 0 Å². The first-order chi connectivity index (χ1) is 8.49. The largest absolute Gasteiger partial charge is 0.496 e. The lowest BCUT2D eigenvalue weighted by Crippen LogP contribution is -2.42. The van der Waals surface area contributed by atoms with Crippen LogP contribution in [0, 0.1) is 5.82 Å². The Bertz CT molecular complexity index is 464. The first-order valence-electron chi connectivity index (χ1n) is 4.92. The molecule has 1 aromatic rings. The molecule has 1 unspecified atom stereocenters. The van der Waals surface area contributed by atoms with E-state index in [-0.39, 0.29) is 11.3 Å². The summed E-state index contributed by atoms with van der Waals surface area (Å²) in [6.45, 7) is -1.27. The first kappa shape index (κ1) is 13.9. The van der Waals surface area contributed by atoms with E-state index >= 15 is 0 Å². The van der Waals surface area contributed by atoms with E-state index in [1.165, 1.54) is 13.2 Å². The van der Waals surface area contributed by atoms with Crippen LogP contribution < -0.4 is 10.1 Å². The van der Waals surface area contributed by atoms with Crippen molar-refractivity contribution in [2.24, 2.45) is 0 Å². The topological polar surface area (TPSA) is 75.6 Å². The van der Waals surface area contributed by atoms with Gasteiger partial charge in [0.2, 0.25) is 0 Å². The number of rotatable bonds is 5. The maximum Gasteiger partial charge on any atom is 0.328 e. The number of methoxy groups -OCH3 is 1. The van der Waals surface area contributed by atoms with Gasteiger partial charge in [-0.15, -0.1) is 0 Å². The third kappa shape index (κ3) is 3.16. The Labute approximate surface area is 101 Å². The highest BCUT2D eigenvalue weighted by Crippen LogP contribution is 2.19. The number of aliphatic carboxylic acids is 1. The fourth-order valence-corrected chi connectivity index (χ4v) is 1.26. The number of amides is 1. The van der Waals surface area contributed by atoms with E-state index in [9.17, 15) is 18.4 Å². The number of hydrogen-bond acceptors (Lipinski definition) is 3. The van der Waals surface area contributed by atoms with Crippen molar-refractivity contribution in [3.05, 3.63) is 29.6 Å². The standard InChI is InChI=1S/C11H11F2NO4/c1-18-9-3-2-6(13)4-7(9)10(15)14-8(5-12)11(16)17/h2-4,8H,5H2,1H3,(H,14,15)(H,16,17). The normalized spacial score (nSPS) is 11.7. The Hall–Kier alpha value is -2.18. The zero-order valence-electron chi connectivity index (χ0n) is 9.44. The third-order valence-corrected chi connectivity index (χ3v) is 2.16. The Morgan fingerprint density at radius 3 is 2.67 bits per heavy atom. The van der Waals surface area contributed by atoms with Crippen molar-refractivity contribution in [3.8, 4) is 5.75 Å². The molecule has 1 amide bonds. The van der Waals surface area contributed by atoms with Crippen molar-refractivity contribution in [1.82, 2.24) is 5.32 Å². The molecule has 1 aromatic carbocycles. The average molecular weight is 259 g/mol. The zero-order chi connectivity index (χ0) is 13.7. The van der Waals surface area contributed by atoms with Gasteiger partial charge < -0.3 is 15.2 Å². The highest BCUT2D eigenvalue weighted by atomic mass is 19.1. The number of carboxylic acids is 1. The summed E-state index contributed by atoms with van der Waals surface area (Å²) in [5.41, 5.74) is -0.197. The smallest absolute Gasteiger partial charge is 0.328 e. The Balaban J connectivity index is 2.96. The molecule has 0 spiro atoms. The Kier molecular flexibility index (Phi) is 4.59. The average Bonchev–Trinajstić information content (AvgIpc) is 2.35. The van der Waals surface area contributed by atoms with E-state index < -0.39 is 30.4 Å². The summed E-state index contributed by atoms with van der Waals surface area (Å²) in [5.74, 6) is -3.05. The van der Waals surface area contributed by atoms with Crippen LogP contribution in [-0.2, 0) is 4.79 Å². The molecule has 1 rings (SSSR count). The molecule has 0 bridgehead atoms. The summed E-state index contributed by atoms with van der Waals surface area (Å²) in [4.78, 5) is 22.2. The number of nitrogens with one attached hydrogen (secondary N) is 1. The van der Waals surface area contributed by atoms with E-state index in [0.29, 0.717) is 0 Å². The number of halogens is 2. The molecule has 0 saturated carbocycles. The van der Waals surface area contributed by atoms with Crippen LogP contribution in [0.5, 0.6) is 5.75 Å². The van der Waals surface area contributed by atoms with E-state index in [1.807, 2.05) is 5.32 Å². The maximum absolute atomic E-state index is 13.0. The Morgan fingerprint density at radius 2 is 2.17 bits per heavy atom. The van der Waals surface area contributed by atoms with Crippen molar-refractivity contribution in [2.75, 3.05) is 13.8 Å². The second-order valence-electron chi connectivity index (χ2n) is 3.36. The zero-order valence-corrected chi connectivity index (χ0v) is 9.44. The number of carbonyl (C=O) groups is 2. The summed E-state index contributed by atoms with van der Waals surface area (Å²) in [5, 5.41) is 10.5. The summed E-state index contributed by atoms with van der Waals surface area (Å²) >= 11 is 0. The molecule has 2 N–H and O–H groups in total. The molecular formula is C11H11F2NO4. The van der Waals surface area contributed by atoms with Crippen molar-refractivity contribution in [2.45, 2.75) is 6.04 Å². The van der Waals surface area contributed by atoms with Gasteiger partial charge in [-0.05, 0) is 18.2 Å². The van der Waals surface area contributed by atoms with Gasteiger partial charge in [-0.25, -0.2) is 13.6 Å². The van der Waals surface area contributed by atoms with Crippen molar-refractivity contribution in [1.29, 1.82) is 0 Å². The molecule has 0 radical (unpaired) electrons. The Morgan fingerprint density at radius 1 is 1.50 bits per heavy atom. The van der Waals surface area contributed by atoms with Crippen LogP contribution in [0.2, 0.25) is 0 Å². The molecule has 18 heavy (non-hydrogen) atoms. The van der Waals surface area contributed by atoms with Gasteiger partial charge in [-0.2, -0.15) is 0 Å². The summed E-state index contributed by atoms with van der Waals surface area (Å²) in [6, 6.07) is 1.51. The highest BCUT2D eigenvalue weighted by molar-refractivity contribution is 5.98. The maximum atomic E-state index is 13.0. The monoisotopic (exact) mass is 259 g/mol. The van der Waals surface area contributed by atoms with Gasteiger partial charge >= 0.3 is 5.97 Å². The molecule has 0 aliphatic rings. The van der Waals surface area contributed by atoms with E-state index in [0.717, 1.165) is 12.1 Å². The molecule has 0 fully saturated rings. The highest BCUT2D eigenvalue weighted by Gasteiger charge is 2.22. The van der Waals surface area contributed by atoms with Crippen LogP contribution in [0.1, 0.15) is 10.4 Å². The lowest BCUT2D eigenvalue weighted by Gasteiger charge is -2.12. The second-order valence-corrected chi connectivity index (χ2v) is 3.36. The van der Waals surface area contributed by atoms with Gasteiger partial charge in [0.25, 0.3) is 5.91 Å². The van der Waals surface area contributed by atoms with Crippen LogP contribution in [-0.4, -0.2) is 36.8 Å². The molecule has 0 heterocycles. The number of hydrogen-bond donors (Lipinski definition) is 2. The third-order valence-electron chi connectivity index (χ3n) is 2.16. The van der Waals surface area contributed by atoms with Gasteiger partial charge in [-0.3, -0.25) is 4.79 Å². The molecule has 1 atom stereocenters. The SMILES string of the molecule is COc1ccc(F)cc1C(=O)NC(CF)C(=O)O. The predicted octanol–water partition coefficient (Wildman–Crippen LogP) is 0.987. The summed E-state index contributed by atoms with van der Waals surface area (Å²) in [7, 11) is 1.27. The number of benzene rings is 1. The van der Waals surface area contributed by atoms with Gasteiger partial charge in [-0.1, -0.05) is 0 Å². The summed E-state index contributed by atoms with van der Waals surface area (Å²) in [6.07, 6.45) is 0. The van der Waals surface area contributed by atoms with Crippen molar-refractivity contribution >= 4 is 11.9 Å². The molecule has 5 nitrogen and oxygen atoms in total. The number of carbonyl (C=O) groups excluding carboxylic acids is 1. The molecule has 0 saturated heterocycles. The van der Waals surface area contributed by atoms with E-state index in [2.05, 4.69) is 0 Å². The van der Waals surface area contributed by atoms with Crippen molar-refractivity contribution in [3.63, 3.8) is 0 Å². The minimum absolute atomic E-state index is 0.0666. The molecule has 98 valence electrons. The van der Waals surface area contributed by atoms with Crippen molar-refractivity contribution < 1.29 is 28.2 Å². The molecule has 0 aliphatic heterocycles. The quantitative estimate of drug-likeness (QED) is 0.826. The van der Waals surface area contributed by atoms with Crippen LogP contribution >= 0.6 is 0 Å². The summed E-state index contributed by atoms with van der Waals surface area (Å²) < 4.78 is 30.2. The van der Waals surface area contributed by atoms with Gasteiger partial charge in [0.05, 0.1) is 12.7 Å². The predicted molar refractivity (Wildman–Crippen MR) is 57.8 cm³/mol. The lowest BCUT2D eigenvalue weighted by molar-refractivity contribution is -0.139. The fraction of sp³-hybridized carbons (Fsp3) is 0.273. The van der Waals surface area contributed by atoms with Crippen LogP contribution in [0.15, 0.2) is 18.2 Å². The van der Waals surface area contributed by atoms with Gasteiger partial charge in [0, 0.05) is 0 Å². The van der Waals surface area contributed by atoms with Crippen LogP contribution in [0.25, 0.3) is 0 Å². The van der Waals surface area contributed by atoms with Gasteiger partial charge in [0.1, 0.15) is 18.2 Å². The number of alkyl halides is 1. The minimum Gasteiger partial charge on any atom is -0.496 e.